The summed E-state index contributed by atoms with van der Waals surface area (Å²) in [5.41, 5.74) is 5.85. The first-order valence-corrected chi connectivity index (χ1v) is 7.90. The van der Waals surface area contributed by atoms with Gasteiger partial charge in [0.1, 0.15) is 4.90 Å². The SMILES string of the molecule is Nc1cc(Br)ccc1S(=O)(=O)NCC(O)C1CC1. The van der Waals surface area contributed by atoms with E-state index in [2.05, 4.69) is 20.7 Å². The summed E-state index contributed by atoms with van der Waals surface area (Å²) in [6, 6.07) is 4.58. The van der Waals surface area contributed by atoms with Crippen molar-refractivity contribution >= 4 is 31.6 Å². The highest BCUT2D eigenvalue weighted by Gasteiger charge is 2.30. The third-order valence-corrected chi connectivity index (χ3v) is 4.90. The number of rotatable bonds is 5. The zero-order valence-corrected chi connectivity index (χ0v) is 12.0. The van der Waals surface area contributed by atoms with Crippen LogP contribution in [-0.2, 0) is 10.0 Å². The Morgan fingerprint density at radius 2 is 2.17 bits per heavy atom. The lowest BCUT2D eigenvalue weighted by Gasteiger charge is -2.12. The maximum atomic E-state index is 12.0. The molecule has 1 aromatic carbocycles. The largest absolute Gasteiger partial charge is 0.398 e. The van der Waals surface area contributed by atoms with E-state index in [-0.39, 0.29) is 23.0 Å². The van der Waals surface area contributed by atoms with Crippen molar-refractivity contribution in [1.82, 2.24) is 4.72 Å². The molecule has 0 radical (unpaired) electrons. The average Bonchev–Trinajstić information content (AvgIpc) is 3.09. The zero-order valence-electron chi connectivity index (χ0n) is 9.64. The Labute approximate surface area is 115 Å². The molecule has 7 heteroatoms. The van der Waals surface area contributed by atoms with Crippen LogP contribution in [0.3, 0.4) is 0 Å². The second kappa shape index (κ2) is 5.16. The fraction of sp³-hybridized carbons (Fsp3) is 0.455. The van der Waals surface area contributed by atoms with E-state index < -0.39 is 16.1 Å². The lowest BCUT2D eigenvalue weighted by atomic mass is 10.2. The van der Waals surface area contributed by atoms with Gasteiger partial charge in [0, 0.05) is 11.0 Å². The number of aliphatic hydroxyl groups is 1. The van der Waals surface area contributed by atoms with E-state index in [0.717, 1.165) is 17.3 Å². The summed E-state index contributed by atoms with van der Waals surface area (Å²) < 4.78 is 27.1. The highest BCUT2D eigenvalue weighted by molar-refractivity contribution is 9.10. The predicted octanol–water partition coefficient (Wildman–Crippen LogP) is 1.08. The van der Waals surface area contributed by atoms with Gasteiger partial charge in [-0.1, -0.05) is 15.9 Å². The first-order valence-electron chi connectivity index (χ1n) is 5.63. The number of aliphatic hydroxyl groups excluding tert-OH is 1. The molecule has 1 atom stereocenters. The fourth-order valence-electron chi connectivity index (χ4n) is 1.68. The topological polar surface area (TPSA) is 92.4 Å². The predicted molar refractivity (Wildman–Crippen MR) is 72.5 cm³/mol. The van der Waals surface area contributed by atoms with Crippen LogP contribution in [0.1, 0.15) is 12.8 Å². The second-order valence-electron chi connectivity index (χ2n) is 4.44. The number of nitrogens with one attached hydrogen (secondary N) is 1. The van der Waals surface area contributed by atoms with E-state index in [1.54, 1.807) is 6.07 Å². The van der Waals surface area contributed by atoms with Crippen LogP contribution >= 0.6 is 15.9 Å². The molecule has 0 aliphatic heterocycles. The van der Waals surface area contributed by atoms with Gasteiger partial charge in [-0.05, 0) is 37.0 Å². The third-order valence-electron chi connectivity index (χ3n) is 2.91. The Bertz CT molecular complexity index is 543. The molecule has 1 unspecified atom stereocenters. The van der Waals surface area contributed by atoms with Crippen LogP contribution in [0.15, 0.2) is 27.6 Å². The molecule has 4 N–H and O–H groups in total. The van der Waals surface area contributed by atoms with Gasteiger partial charge in [-0.25, -0.2) is 13.1 Å². The number of benzene rings is 1. The number of nitrogens with two attached hydrogens (primary N) is 1. The molecule has 0 heterocycles. The van der Waals surface area contributed by atoms with Crippen molar-refractivity contribution in [3.8, 4) is 0 Å². The average molecular weight is 335 g/mol. The highest BCUT2D eigenvalue weighted by atomic mass is 79.9. The number of halogens is 1. The summed E-state index contributed by atoms with van der Waals surface area (Å²) in [4.78, 5) is 0.0358. The molecule has 5 nitrogen and oxygen atoms in total. The molecule has 0 aromatic heterocycles. The Kier molecular flexibility index (Phi) is 3.96. The third kappa shape index (κ3) is 3.23. The Morgan fingerprint density at radius 3 is 2.72 bits per heavy atom. The minimum atomic E-state index is -3.66. The van der Waals surface area contributed by atoms with Crippen molar-refractivity contribution in [2.75, 3.05) is 12.3 Å². The van der Waals surface area contributed by atoms with Gasteiger partial charge in [0.15, 0.2) is 0 Å². The van der Waals surface area contributed by atoms with Crippen molar-refractivity contribution in [1.29, 1.82) is 0 Å². The molecular weight excluding hydrogens is 320 g/mol. The molecule has 1 saturated carbocycles. The van der Waals surface area contributed by atoms with Gasteiger partial charge in [0.2, 0.25) is 10.0 Å². The van der Waals surface area contributed by atoms with E-state index in [1.165, 1.54) is 12.1 Å². The lowest BCUT2D eigenvalue weighted by molar-refractivity contribution is 0.155. The number of sulfonamides is 1. The van der Waals surface area contributed by atoms with Gasteiger partial charge in [0.05, 0.1) is 11.8 Å². The van der Waals surface area contributed by atoms with E-state index in [9.17, 15) is 13.5 Å². The highest BCUT2D eigenvalue weighted by Crippen LogP contribution is 2.32. The summed E-state index contributed by atoms with van der Waals surface area (Å²) in [5, 5.41) is 9.65. The van der Waals surface area contributed by atoms with Crippen molar-refractivity contribution < 1.29 is 13.5 Å². The molecule has 2 rings (SSSR count). The van der Waals surface area contributed by atoms with Gasteiger partial charge >= 0.3 is 0 Å². The number of hydrogen-bond acceptors (Lipinski definition) is 4. The summed E-state index contributed by atoms with van der Waals surface area (Å²) in [6.07, 6.45) is 1.31. The monoisotopic (exact) mass is 334 g/mol. The van der Waals surface area contributed by atoms with Crippen molar-refractivity contribution in [2.45, 2.75) is 23.8 Å². The molecule has 1 fully saturated rings. The molecule has 1 aliphatic carbocycles. The van der Waals surface area contributed by atoms with Crippen LogP contribution in [-0.4, -0.2) is 26.2 Å². The molecular formula is C11H15BrN2O3S. The van der Waals surface area contributed by atoms with Crippen LogP contribution in [0.4, 0.5) is 5.69 Å². The molecule has 0 spiro atoms. The molecule has 18 heavy (non-hydrogen) atoms. The maximum Gasteiger partial charge on any atom is 0.242 e. The number of anilines is 1. The van der Waals surface area contributed by atoms with Gasteiger partial charge in [-0.2, -0.15) is 0 Å². The van der Waals surface area contributed by atoms with E-state index in [4.69, 9.17) is 5.73 Å². The van der Waals surface area contributed by atoms with Crippen LogP contribution in [0, 0.1) is 5.92 Å². The van der Waals surface area contributed by atoms with Crippen LogP contribution < -0.4 is 10.5 Å². The normalized spacial score (nSPS) is 17.7. The van der Waals surface area contributed by atoms with Crippen LogP contribution in [0.5, 0.6) is 0 Å². The molecule has 0 bridgehead atoms. The molecule has 0 amide bonds. The Morgan fingerprint density at radius 1 is 1.50 bits per heavy atom. The van der Waals surface area contributed by atoms with Gasteiger partial charge in [0.25, 0.3) is 0 Å². The standard InChI is InChI=1S/C11H15BrN2O3S/c12-8-3-4-11(9(13)5-8)18(16,17)14-6-10(15)7-1-2-7/h3-5,7,10,14-15H,1-2,6,13H2. The van der Waals surface area contributed by atoms with Crippen molar-refractivity contribution in [2.24, 2.45) is 5.92 Å². The second-order valence-corrected chi connectivity index (χ2v) is 7.09. The summed E-state index contributed by atoms with van der Waals surface area (Å²) >= 11 is 3.22. The van der Waals surface area contributed by atoms with Crippen LogP contribution in [0.25, 0.3) is 0 Å². The fourth-order valence-corrected chi connectivity index (χ4v) is 3.23. The smallest absolute Gasteiger partial charge is 0.242 e. The van der Waals surface area contributed by atoms with E-state index in [0.29, 0.717) is 0 Å². The Balaban J connectivity index is 2.09. The maximum absolute atomic E-state index is 12.0. The van der Waals surface area contributed by atoms with E-state index >= 15 is 0 Å². The summed E-state index contributed by atoms with van der Waals surface area (Å²) in [6.45, 7) is 0.0303. The minimum Gasteiger partial charge on any atom is -0.398 e. The van der Waals surface area contributed by atoms with Gasteiger partial charge in [-0.15, -0.1) is 0 Å². The molecule has 0 saturated heterocycles. The minimum absolute atomic E-state index is 0.0303. The lowest BCUT2D eigenvalue weighted by Crippen LogP contribution is -2.33. The first-order chi connectivity index (χ1) is 8.40. The molecule has 100 valence electrons. The van der Waals surface area contributed by atoms with Gasteiger partial charge in [-0.3, -0.25) is 0 Å². The van der Waals surface area contributed by atoms with Gasteiger partial charge < -0.3 is 10.8 Å². The van der Waals surface area contributed by atoms with Crippen LogP contribution in [0.2, 0.25) is 0 Å². The molecule has 1 aliphatic rings. The Hall–Kier alpha value is -0.630. The quantitative estimate of drug-likeness (QED) is 0.702. The summed E-state index contributed by atoms with van der Waals surface area (Å²) in [5.74, 6) is 0.231. The van der Waals surface area contributed by atoms with Crippen molar-refractivity contribution in [3.63, 3.8) is 0 Å². The molecule has 1 aromatic rings. The van der Waals surface area contributed by atoms with E-state index in [1.807, 2.05) is 0 Å². The zero-order chi connectivity index (χ0) is 13.3. The summed E-state index contributed by atoms with van der Waals surface area (Å²) in [7, 11) is -3.66. The first kappa shape index (κ1) is 13.8. The van der Waals surface area contributed by atoms with Crippen molar-refractivity contribution in [3.05, 3.63) is 22.7 Å². The number of nitrogen functional groups attached to an aromatic ring is 1. The number of hydrogen-bond donors (Lipinski definition) is 3.